The highest BCUT2D eigenvalue weighted by Gasteiger charge is 2.16. The van der Waals surface area contributed by atoms with Crippen molar-refractivity contribution in [3.8, 4) is 0 Å². The summed E-state index contributed by atoms with van der Waals surface area (Å²) in [5.41, 5.74) is 1.88. The fourth-order valence-corrected chi connectivity index (χ4v) is 2.61. The Kier molecular flexibility index (Phi) is 6.22. The van der Waals surface area contributed by atoms with Gasteiger partial charge in [-0.15, -0.1) is 0 Å². The molecule has 3 rings (SSSR count). The van der Waals surface area contributed by atoms with Crippen LogP contribution in [0.25, 0.3) is 6.08 Å². The van der Waals surface area contributed by atoms with Gasteiger partial charge in [-0.05, 0) is 41.5 Å². The lowest BCUT2D eigenvalue weighted by Gasteiger charge is -2.10. The first kappa shape index (κ1) is 18.7. The topological polar surface area (TPSA) is 71.3 Å². The van der Waals surface area contributed by atoms with Gasteiger partial charge in [0.25, 0.3) is 11.8 Å². The average molecular weight is 425 g/mol. The lowest BCUT2D eigenvalue weighted by molar-refractivity contribution is -0.117. The first-order chi connectivity index (χ1) is 13.1. The molecule has 27 heavy (non-hydrogen) atoms. The van der Waals surface area contributed by atoms with Crippen LogP contribution in [-0.4, -0.2) is 11.8 Å². The molecule has 1 aromatic heterocycles. The number of furan rings is 1. The van der Waals surface area contributed by atoms with Crippen molar-refractivity contribution in [2.75, 3.05) is 0 Å². The standard InChI is InChI=1S/C21H17BrN2O3/c22-17-10-8-15(9-11-17)13-18(24-21(26)19-7-4-12-27-19)20(25)23-14-16-5-2-1-3-6-16/h1-13H,14H2,(H,23,25)(H,24,26). The van der Waals surface area contributed by atoms with Crippen LogP contribution in [0.1, 0.15) is 21.7 Å². The Morgan fingerprint density at radius 2 is 1.70 bits per heavy atom. The fourth-order valence-electron chi connectivity index (χ4n) is 2.35. The third kappa shape index (κ3) is 5.43. The Bertz CT molecular complexity index is 933. The van der Waals surface area contributed by atoms with Gasteiger partial charge in [-0.3, -0.25) is 9.59 Å². The zero-order chi connectivity index (χ0) is 19.1. The Hall–Kier alpha value is -3.12. The molecule has 0 fully saturated rings. The predicted octanol–water partition coefficient (Wildman–Crippen LogP) is 4.13. The number of carbonyl (C=O) groups is 2. The SMILES string of the molecule is O=C(NCc1ccccc1)C(=Cc1ccc(Br)cc1)NC(=O)c1ccco1. The number of hydrogen-bond donors (Lipinski definition) is 2. The van der Waals surface area contributed by atoms with Gasteiger partial charge in [-0.2, -0.15) is 0 Å². The summed E-state index contributed by atoms with van der Waals surface area (Å²) in [4.78, 5) is 25.0. The van der Waals surface area contributed by atoms with E-state index in [-0.39, 0.29) is 17.4 Å². The molecule has 0 atom stereocenters. The highest BCUT2D eigenvalue weighted by atomic mass is 79.9. The van der Waals surface area contributed by atoms with Crippen molar-refractivity contribution in [1.29, 1.82) is 0 Å². The number of rotatable bonds is 6. The van der Waals surface area contributed by atoms with Gasteiger partial charge in [-0.1, -0.05) is 58.4 Å². The molecule has 0 aliphatic rings. The second-order valence-electron chi connectivity index (χ2n) is 5.71. The largest absolute Gasteiger partial charge is 0.459 e. The molecule has 136 valence electrons. The molecular formula is C21H17BrN2O3. The molecule has 0 radical (unpaired) electrons. The van der Waals surface area contributed by atoms with Crippen molar-refractivity contribution in [2.24, 2.45) is 0 Å². The maximum absolute atomic E-state index is 12.7. The van der Waals surface area contributed by atoms with Crippen molar-refractivity contribution in [3.05, 3.63) is 100 Å². The lowest BCUT2D eigenvalue weighted by Crippen LogP contribution is -2.34. The summed E-state index contributed by atoms with van der Waals surface area (Å²) in [6.45, 7) is 0.355. The van der Waals surface area contributed by atoms with E-state index in [0.717, 1.165) is 15.6 Å². The Balaban J connectivity index is 1.78. The zero-order valence-corrected chi connectivity index (χ0v) is 15.9. The van der Waals surface area contributed by atoms with E-state index in [9.17, 15) is 9.59 Å². The highest BCUT2D eigenvalue weighted by Crippen LogP contribution is 2.13. The normalized spacial score (nSPS) is 11.1. The van der Waals surface area contributed by atoms with E-state index in [1.54, 1.807) is 12.1 Å². The monoisotopic (exact) mass is 424 g/mol. The van der Waals surface area contributed by atoms with Gasteiger partial charge in [0.05, 0.1) is 6.26 Å². The molecule has 2 N–H and O–H groups in total. The number of carbonyl (C=O) groups excluding carboxylic acids is 2. The summed E-state index contributed by atoms with van der Waals surface area (Å²) in [6.07, 6.45) is 3.02. The number of nitrogens with one attached hydrogen (secondary N) is 2. The second-order valence-corrected chi connectivity index (χ2v) is 6.62. The van der Waals surface area contributed by atoms with Crippen LogP contribution in [0.4, 0.5) is 0 Å². The minimum atomic E-state index is -0.488. The summed E-state index contributed by atoms with van der Waals surface area (Å²) in [7, 11) is 0. The second kappa shape index (κ2) is 9.00. The molecule has 1 heterocycles. The summed E-state index contributed by atoms with van der Waals surface area (Å²) in [5, 5.41) is 5.44. The molecule has 3 aromatic rings. The molecule has 0 unspecified atom stereocenters. The Labute approximate surface area is 165 Å². The maximum Gasteiger partial charge on any atom is 0.291 e. The summed E-state index contributed by atoms with van der Waals surface area (Å²) < 4.78 is 6.02. The van der Waals surface area contributed by atoms with Gasteiger partial charge in [0.15, 0.2) is 5.76 Å². The molecule has 0 bridgehead atoms. The number of amides is 2. The van der Waals surface area contributed by atoms with Gasteiger partial charge in [0.2, 0.25) is 0 Å². The molecular weight excluding hydrogens is 408 g/mol. The molecule has 0 spiro atoms. The van der Waals surface area contributed by atoms with Crippen molar-refractivity contribution in [1.82, 2.24) is 10.6 Å². The van der Waals surface area contributed by atoms with E-state index in [0.29, 0.717) is 6.54 Å². The van der Waals surface area contributed by atoms with Gasteiger partial charge >= 0.3 is 0 Å². The third-order valence-corrected chi connectivity index (χ3v) is 4.24. The highest BCUT2D eigenvalue weighted by molar-refractivity contribution is 9.10. The van der Waals surface area contributed by atoms with Crippen molar-refractivity contribution in [2.45, 2.75) is 6.54 Å². The van der Waals surface area contributed by atoms with Crippen LogP contribution in [0.15, 0.2) is 87.6 Å². The molecule has 0 saturated heterocycles. The van der Waals surface area contributed by atoms with Crippen LogP contribution < -0.4 is 10.6 Å². The first-order valence-electron chi connectivity index (χ1n) is 8.26. The summed E-state index contributed by atoms with van der Waals surface area (Å²) >= 11 is 3.38. The van der Waals surface area contributed by atoms with Crippen LogP contribution in [0, 0.1) is 0 Å². The lowest BCUT2D eigenvalue weighted by atomic mass is 10.1. The third-order valence-electron chi connectivity index (χ3n) is 3.71. The predicted molar refractivity (Wildman–Crippen MR) is 107 cm³/mol. The summed E-state index contributed by atoms with van der Waals surface area (Å²) in [6, 6.07) is 20.1. The van der Waals surface area contributed by atoms with Crippen LogP contribution in [0.5, 0.6) is 0 Å². The van der Waals surface area contributed by atoms with Gasteiger partial charge in [0.1, 0.15) is 5.70 Å². The van der Waals surface area contributed by atoms with Crippen LogP contribution >= 0.6 is 15.9 Å². The van der Waals surface area contributed by atoms with Gasteiger partial charge in [0, 0.05) is 11.0 Å². The van der Waals surface area contributed by atoms with Crippen molar-refractivity contribution in [3.63, 3.8) is 0 Å². The van der Waals surface area contributed by atoms with E-state index in [2.05, 4.69) is 26.6 Å². The van der Waals surface area contributed by atoms with Crippen molar-refractivity contribution >= 4 is 33.8 Å². The first-order valence-corrected chi connectivity index (χ1v) is 9.05. The Morgan fingerprint density at radius 1 is 0.963 bits per heavy atom. The molecule has 0 saturated carbocycles. The molecule has 6 heteroatoms. The van der Waals surface area contributed by atoms with E-state index in [1.807, 2.05) is 54.6 Å². The van der Waals surface area contributed by atoms with Crippen LogP contribution in [0.3, 0.4) is 0 Å². The van der Waals surface area contributed by atoms with E-state index >= 15 is 0 Å². The van der Waals surface area contributed by atoms with Crippen molar-refractivity contribution < 1.29 is 14.0 Å². The van der Waals surface area contributed by atoms with Gasteiger partial charge < -0.3 is 15.1 Å². The maximum atomic E-state index is 12.7. The van der Waals surface area contributed by atoms with Gasteiger partial charge in [-0.25, -0.2) is 0 Å². The average Bonchev–Trinajstić information content (AvgIpc) is 3.23. The van der Waals surface area contributed by atoms with Crippen LogP contribution in [-0.2, 0) is 11.3 Å². The molecule has 0 aliphatic heterocycles. The smallest absolute Gasteiger partial charge is 0.291 e. The molecule has 2 aromatic carbocycles. The molecule has 2 amide bonds. The Morgan fingerprint density at radius 3 is 2.37 bits per heavy atom. The van der Waals surface area contributed by atoms with E-state index in [1.165, 1.54) is 12.3 Å². The number of hydrogen-bond acceptors (Lipinski definition) is 3. The minimum Gasteiger partial charge on any atom is -0.459 e. The number of benzene rings is 2. The zero-order valence-electron chi connectivity index (χ0n) is 14.3. The number of halogens is 1. The van der Waals surface area contributed by atoms with E-state index < -0.39 is 5.91 Å². The van der Waals surface area contributed by atoms with Crippen LogP contribution in [0.2, 0.25) is 0 Å². The fraction of sp³-hybridized carbons (Fsp3) is 0.0476. The minimum absolute atomic E-state index is 0.132. The van der Waals surface area contributed by atoms with E-state index in [4.69, 9.17) is 4.42 Å². The summed E-state index contributed by atoms with van der Waals surface area (Å²) in [5.74, 6) is -0.743. The molecule has 5 nitrogen and oxygen atoms in total. The molecule has 0 aliphatic carbocycles. The quantitative estimate of drug-likeness (QED) is 0.584.